The van der Waals surface area contributed by atoms with E-state index in [4.69, 9.17) is 11.6 Å². The number of carbonyl (C=O) groups excluding carboxylic acids is 1. The highest BCUT2D eigenvalue weighted by Gasteiger charge is 2.54. The van der Waals surface area contributed by atoms with Crippen LogP contribution in [0.1, 0.15) is 0 Å². The van der Waals surface area contributed by atoms with Crippen LogP contribution >= 0.6 is 11.6 Å². The van der Waals surface area contributed by atoms with E-state index in [0.717, 1.165) is 0 Å². The summed E-state index contributed by atoms with van der Waals surface area (Å²) in [5.41, 5.74) is 1.38. The molecule has 2 aliphatic heterocycles. The summed E-state index contributed by atoms with van der Waals surface area (Å²) in [6, 6.07) is 15.1. The van der Waals surface area contributed by atoms with E-state index in [-0.39, 0.29) is 29.6 Å². The minimum Gasteiger partial charge on any atom is -0.288 e. The second-order valence-corrected chi connectivity index (χ2v) is 8.64. The molecule has 2 atom stereocenters. The van der Waals surface area contributed by atoms with Gasteiger partial charge in [0.05, 0.1) is 23.6 Å². The van der Waals surface area contributed by atoms with E-state index < -0.39 is 9.84 Å². The maximum Gasteiger partial charge on any atom is 0.329 e. The lowest BCUT2D eigenvalue weighted by Crippen LogP contribution is -2.37. The van der Waals surface area contributed by atoms with E-state index in [9.17, 15) is 13.2 Å². The summed E-state index contributed by atoms with van der Waals surface area (Å²) < 4.78 is 24.3. The molecule has 0 unspecified atom stereocenters. The molecule has 2 aliphatic rings. The minimum absolute atomic E-state index is 0.0115. The van der Waals surface area contributed by atoms with Crippen LogP contribution in [-0.2, 0) is 9.84 Å². The van der Waals surface area contributed by atoms with Gasteiger partial charge in [0.15, 0.2) is 9.84 Å². The topological polar surface area (TPSA) is 57.7 Å². The molecule has 2 saturated heterocycles. The quantitative estimate of drug-likeness (QED) is 0.772. The van der Waals surface area contributed by atoms with Crippen molar-refractivity contribution in [3.63, 3.8) is 0 Å². The maximum absolute atomic E-state index is 13.0. The number of anilines is 2. The summed E-state index contributed by atoms with van der Waals surface area (Å²) in [4.78, 5) is 16.2. The van der Waals surface area contributed by atoms with Crippen molar-refractivity contribution in [3.05, 3.63) is 59.6 Å². The van der Waals surface area contributed by atoms with Crippen molar-refractivity contribution < 1.29 is 13.2 Å². The van der Waals surface area contributed by atoms with Gasteiger partial charge >= 0.3 is 6.03 Å². The molecule has 0 saturated carbocycles. The van der Waals surface area contributed by atoms with Crippen LogP contribution in [0.3, 0.4) is 0 Å². The number of hydrogen-bond acceptors (Lipinski definition) is 3. The van der Waals surface area contributed by atoms with Crippen molar-refractivity contribution in [2.75, 3.05) is 21.3 Å². The summed E-state index contributed by atoms with van der Waals surface area (Å²) in [7, 11) is -3.18. The molecule has 24 heavy (non-hydrogen) atoms. The molecule has 0 radical (unpaired) electrons. The molecule has 2 amide bonds. The third kappa shape index (κ3) is 2.46. The number of fused-ring (bicyclic) bond motifs is 1. The van der Waals surface area contributed by atoms with E-state index in [2.05, 4.69) is 0 Å². The molecular formula is C17H15ClN2O3S. The lowest BCUT2D eigenvalue weighted by Gasteiger charge is -2.22. The number of rotatable bonds is 2. The average molecular weight is 363 g/mol. The predicted molar refractivity (Wildman–Crippen MR) is 94.5 cm³/mol. The Bertz CT molecular complexity index is 884. The molecule has 2 fully saturated rings. The molecule has 124 valence electrons. The first-order chi connectivity index (χ1) is 11.5. The number of sulfone groups is 1. The number of carbonyl (C=O) groups is 1. The molecule has 0 aliphatic carbocycles. The highest BCUT2D eigenvalue weighted by Crippen LogP contribution is 2.37. The third-order valence-electron chi connectivity index (χ3n) is 4.51. The number of para-hydroxylation sites is 1. The Labute approximate surface area is 145 Å². The van der Waals surface area contributed by atoms with Gasteiger partial charge in [-0.2, -0.15) is 0 Å². The monoisotopic (exact) mass is 362 g/mol. The van der Waals surface area contributed by atoms with Crippen molar-refractivity contribution in [2.24, 2.45) is 0 Å². The molecule has 2 aromatic rings. The van der Waals surface area contributed by atoms with Crippen molar-refractivity contribution in [1.29, 1.82) is 0 Å². The van der Waals surface area contributed by atoms with Crippen molar-refractivity contribution >= 4 is 38.8 Å². The number of hydrogen-bond donors (Lipinski definition) is 0. The van der Waals surface area contributed by atoms with E-state index >= 15 is 0 Å². The van der Waals surface area contributed by atoms with Crippen LogP contribution in [0, 0.1) is 0 Å². The first-order valence-electron chi connectivity index (χ1n) is 7.60. The highest BCUT2D eigenvalue weighted by molar-refractivity contribution is 7.91. The molecule has 0 aromatic heterocycles. The van der Waals surface area contributed by atoms with E-state index in [0.29, 0.717) is 16.4 Å². The van der Waals surface area contributed by atoms with Crippen LogP contribution in [0.2, 0.25) is 5.02 Å². The zero-order valence-electron chi connectivity index (χ0n) is 12.7. The highest BCUT2D eigenvalue weighted by atomic mass is 35.5. The fraction of sp³-hybridized carbons (Fsp3) is 0.235. The van der Waals surface area contributed by atoms with Crippen LogP contribution in [-0.4, -0.2) is 38.0 Å². The fourth-order valence-electron chi connectivity index (χ4n) is 3.50. The average Bonchev–Trinajstić information content (AvgIpc) is 2.98. The van der Waals surface area contributed by atoms with Crippen LogP contribution in [0.4, 0.5) is 16.2 Å². The van der Waals surface area contributed by atoms with Gasteiger partial charge in [-0.15, -0.1) is 0 Å². The van der Waals surface area contributed by atoms with Crippen molar-refractivity contribution in [1.82, 2.24) is 0 Å². The Morgan fingerprint density at radius 2 is 1.33 bits per heavy atom. The van der Waals surface area contributed by atoms with Gasteiger partial charge in [-0.1, -0.05) is 29.8 Å². The van der Waals surface area contributed by atoms with E-state index in [1.165, 1.54) is 0 Å². The standard InChI is InChI=1S/C17H15ClN2O3S/c18-12-6-8-14(9-7-12)20-16-11-24(22,23)10-15(16)19(17(20)21)13-4-2-1-3-5-13/h1-9,15-16H,10-11H2/t15-,16-/m1/s1. The zero-order chi connectivity index (χ0) is 16.9. The number of amides is 2. The predicted octanol–water partition coefficient (Wildman–Crippen LogP) is 2.95. The van der Waals surface area contributed by atoms with Gasteiger partial charge in [0.2, 0.25) is 0 Å². The summed E-state index contributed by atoms with van der Waals surface area (Å²) >= 11 is 5.93. The fourth-order valence-corrected chi connectivity index (χ4v) is 5.54. The molecule has 5 nitrogen and oxygen atoms in total. The van der Waals surface area contributed by atoms with Gasteiger partial charge in [-0.25, -0.2) is 13.2 Å². The molecular weight excluding hydrogens is 348 g/mol. The normalized spacial score (nSPS) is 25.1. The summed E-state index contributed by atoms with van der Waals surface area (Å²) in [5.74, 6) is -0.0300. The lowest BCUT2D eigenvalue weighted by atomic mass is 10.1. The van der Waals surface area contributed by atoms with Gasteiger partial charge in [-0.3, -0.25) is 9.80 Å². The first kappa shape index (κ1) is 15.5. The van der Waals surface area contributed by atoms with Gasteiger partial charge in [0.1, 0.15) is 0 Å². The number of benzene rings is 2. The van der Waals surface area contributed by atoms with E-state index in [1.54, 1.807) is 34.1 Å². The third-order valence-corrected chi connectivity index (χ3v) is 6.46. The van der Waals surface area contributed by atoms with Gasteiger partial charge in [-0.05, 0) is 36.4 Å². The Hall–Kier alpha value is -2.05. The number of urea groups is 1. The molecule has 7 heteroatoms. The molecule has 2 heterocycles. The summed E-state index contributed by atoms with van der Waals surface area (Å²) in [6.45, 7) is 0. The Balaban J connectivity index is 1.80. The molecule has 2 aromatic carbocycles. The second-order valence-electron chi connectivity index (χ2n) is 6.05. The molecule has 0 bridgehead atoms. The Kier molecular flexibility index (Phi) is 3.54. The maximum atomic E-state index is 13.0. The second kappa shape index (κ2) is 5.50. The largest absolute Gasteiger partial charge is 0.329 e. The summed E-state index contributed by atoms with van der Waals surface area (Å²) in [5, 5.41) is 0.570. The zero-order valence-corrected chi connectivity index (χ0v) is 14.2. The number of nitrogens with zero attached hydrogens (tertiary/aromatic N) is 2. The van der Waals surface area contributed by atoms with Gasteiger partial charge in [0, 0.05) is 16.4 Å². The SMILES string of the molecule is O=C1N(c2ccccc2)[C@@H]2CS(=O)(=O)C[C@H]2N1c1ccc(Cl)cc1. The van der Waals surface area contributed by atoms with Gasteiger partial charge < -0.3 is 0 Å². The van der Waals surface area contributed by atoms with Crippen LogP contribution in [0.25, 0.3) is 0 Å². The van der Waals surface area contributed by atoms with E-state index in [1.807, 2.05) is 30.3 Å². The Morgan fingerprint density at radius 1 is 0.833 bits per heavy atom. The van der Waals surface area contributed by atoms with Crippen molar-refractivity contribution in [2.45, 2.75) is 12.1 Å². The number of halogens is 1. The van der Waals surface area contributed by atoms with Gasteiger partial charge in [0.25, 0.3) is 0 Å². The smallest absolute Gasteiger partial charge is 0.288 e. The van der Waals surface area contributed by atoms with Crippen LogP contribution in [0.5, 0.6) is 0 Å². The van der Waals surface area contributed by atoms with Crippen LogP contribution in [0.15, 0.2) is 54.6 Å². The molecule has 0 N–H and O–H groups in total. The first-order valence-corrected chi connectivity index (χ1v) is 9.80. The Morgan fingerprint density at radius 3 is 1.88 bits per heavy atom. The van der Waals surface area contributed by atoms with Crippen molar-refractivity contribution in [3.8, 4) is 0 Å². The lowest BCUT2D eigenvalue weighted by molar-refractivity contribution is 0.255. The minimum atomic E-state index is -3.18. The molecule has 4 rings (SSSR count). The van der Waals surface area contributed by atoms with Crippen LogP contribution < -0.4 is 9.80 Å². The molecule has 0 spiro atoms. The summed E-state index contributed by atoms with van der Waals surface area (Å²) in [6.07, 6.45) is 0.